The lowest BCUT2D eigenvalue weighted by molar-refractivity contribution is -0.140. The molecule has 1 saturated heterocycles. The van der Waals surface area contributed by atoms with E-state index in [1.54, 1.807) is 48.8 Å². The Balaban J connectivity index is 2.08. The molecule has 7 heteroatoms. The van der Waals surface area contributed by atoms with E-state index in [1.807, 2.05) is 6.92 Å². The van der Waals surface area contributed by atoms with Gasteiger partial charge in [0, 0.05) is 31.6 Å². The van der Waals surface area contributed by atoms with Crippen molar-refractivity contribution < 1.29 is 24.2 Å². The quantitative estimate of drug-likeness (QED) is 0.450. The van der Waals surface area contributed by atoms with Crippen molar-refractivity contribution >= 4 is 17.4 Å². The Morgan fingerprint density at radius 2 is 1.82 bits per heavy atom. The van der Waals surface area contributed by atoms with E-state index in [9.17, 15) is 14.7 Å². The summed E-state index contributed by atoms with van der Waals surface area (Å²) in [5.41, 5.74) is 1.18. The number of benzene rings is 1. The normalized spacial score (nSPS) is 18.5. The number of carbonyl (C=O) groups is 2. The van der Waals surface area contributed by atoms with Gasteiger partial charge in [-0.05, 0) is 48.9 Å². The first-order valence-electron chi connectivity index (χ1n) is 8.99. The fourth-order valence-corrected chi connectivity index (χ4v) is 3.22. The number of nitrogens with zero attached hydrogens (tertiary/aromatic N) is 2. The van der Waals surface area contributed by atoms with E-state index in [0.717, 1.165) is 0 Å². The zero-order valence-corrected chi connectivity index (χ0v) is 15.8. The van der Waals surface area contributed by atoms with E-state index >= 15 is 0 Å². The molecule has 0 aliphatic carbocycles. The molecule has 1 aromatic heterocycles. The van der Waals surface area contributed by atoms with Crippen LogP contribution in [0.3, 0.4) is 0 Å². The molecule has 0 spiro atoms. The largest absolute Gasteiger partial charge is 0.507 e. The number of carbonyl (C=O) groups excluding carboxylic acids is 2. The molecule has 1 aliphatic rings. The highest BCUT2D eigenvalue weighted by atomic mass is 16.5. The molecule has 2 aromatic rings. The van der Waals surface area contributed by atoms with Gasteiger partial charge in [0.1, 0.15) is 11.5 Å². The number of amides is 1. The Labute approximate surface area is 163 Å². The average molecular weight is 382 g/mol. The van der Waals surface area contributed by atoms with Gasteiger partial charge >= 0.3 is 0 Å². The molecule has 1 atom stereocenters. The van der Waals surface area contributed by atoms with Crippen molar-refractivity contribution in [2.24, 2.45) is 0 Å². The Bertz CT molecular complexity index is 877. The number of aliphatic hydroxyl groups excluding tert-OH is 1. The molecule has 1 N–H and O–H groups in total. The monoisotopic (exact) mass is 382 g/mol. The second kappa shape index (κ2) is 8.67. The summed E-state index contributed by atoms with van der Waals surface area (Å²) in [5, 5.41) is 10.9. The lowest BCUT2D eigenvalue weighted by atomic mass is 9.96. The predicted octanol–water partition coefficient (Wildman–Crippen LogP) is 2.55. The predicted molar refractivity (Wildman–Crippen MR) is 103 cm³/mol. The second-order valence-corrected chi connectivity index (χ2v) is 6.22. The fourth-order valence-electron chi connectivity index (χ4n) is 3.22. The number of aromatic nitrogens is 1. The van der Waals surface area contributed by atoms with Crippen LogP contribution in [0.15, 0.2) is 54.4 Å². The summed E-state index contributed by atoms with van der Waals surface area (Å²) in [5.74, 6) is -0.941. The zero-order chi connectivity index (χ0) is 20.1. The molecule has 0 bridgehead atoms. The first-order valence-corrected chi connectivity index (χ1v) is 8.99. The first-order chi connectivity index (χ1) is 13.6. The van der Waals surface area contributed by atoms with Gasteiger partial charge in [-0.1, -0.05) is 0 Å². The highest BCUT2D eigenvalue weighted by Crippen LogP contribution is 2.39. The number of hydrogen-bond donors (Lipinski definition) is 1. The van der Waals surface area contributed by atoms with E-state index < -0.39 is 17.7 Å². The maximum atomic E-state index is 12.8. The molecule has 1 fully saturated rings. The standard InChI is InChI=1S/C21H22N2O5/c1-3-28-16-6-4-15(5-7-16)19(24)17-18(14-8-10-22-11-9-14)23(12-13-27-2)21(26)20(17)25/h4-11,18,24H,3,12-13H2,1-2H3/b19-17-. The van der Waals surface area contributed by atoms with Gasteiger partial charge in [0.2, 0.25) is 0 Å². The number of aliphatic hydroxyl groups is 1. The first kappa shape index (κ1) is 19.6. The number of pyridine rings is 1. The maximum absolute atomic E-state index is 12.8. The van der Waals surface area contributed by atoms with Crippen LogP contribution in [-0.2, 0) is 14.3 Å². The van der Waals surface area contributed by atoms with Crippen LogP contribution in [0.4, 0.5) is 0 Å². The summed E-state index contributed by atoms with van der Waals surface area (Å²) in [6.45, 7) is 2.91. The molecule has 0 saturated carbocycles. The molecule has 146 valence electrons. The Hall–Kier alpha value is -3.19. The van der Waals surface area contributed by atoms with E-state index in [0.29, 0.717) is 23.5 Å². The van der Waals surface area contributed by atoms with E-state index in [-0.39, 0.29) is 24.5 Å². The van der Waals surface area contributed by atoms with Gasteiger partial charge in [-0.15, -0.1) is 0 Å². The third-order valence-electron chi connectivity index (χ3n) is 4.54. The molecular formula is C21H22N2O5. The zero-order valence-electron chi connectivity index (χ0n) is 15.8. The Morgan fingerprint density at radius 1 is 1.14 bits per heavy atom. The van der Waals surface area contributed by atoms with Crippen molar-refractivity contribution in [1.29, 1.82) is 0 Å². The van der Waals surface area contributed by atoms with Crippen LogP contribution in [0.1, 0.15) is 24.1 Å². The second-order valence-electron chi connectivity index (χ2n) is 6.22. The van der Waals surface area contributed by atoms with Gasteiger partial charge < -0.3 is 19.5 Å². The number of methoxy groups -OCH3 is 1. The molecule has 1 amide bonds. The fraction of sp³-hybridized carbons (Fsp3) is 0.286. The summed E-state index contributed by atoms with van der Waals surface area (Å²) >= 11 is 0. The molecule has 2 heterocycles. The molecule has 28 heavy (non-hydrogen) atoms. The number of Topliss-reactive ketones (excluding diaryl/α,β-unsaturated/α-hetero) is 1. The lowest BCUT2D eigenvalue weighted by Crippen LogP contribution is -2.32. The highest BCUT2D eigenvalue weighted by molar-refractivity contribution is 6.46. The Morgan fingerprint density at radius 3 is 2.43 bits per heavy atom. The van der Waals surface area contributed by atoms with Gasteiger partial charge in [-0.25, -0.2) is 0 Å². The van der Waals surface area contributed by atoms with Crippen LogP contribution < -0.4 is 4.74 Å². The van der Waals surface area contributed by atoms with Gasteiger partial charge in [0.05, 0.1) is 24.8 Å². The third kappa shape index (κ3) is 3.75. The minimum absolute atomic E-state index is 0.0523. The van der Waals surface area contributed by atoms with Crippen molar-refractivity contribution in [2.75, 3.05) is 26.9 Å². The minimum atomic E-state index is -0.718. The van der Waals surface area contributed by atoms with Crippen LogP contribution in [0.25, 0.3) is 5.76 Å². The van der Waals surface area contributed by atoms with Crippen LogP contribution in [-0.4, -0.2) is 53.5 Å². The highest BCUT2D eigenvalue weighted by Gasteiger charge is 2.45. The molecule has 1 aromatic carbocycles. The van der Waals surface area contributed by atoms with Crippen LogP contribution >= 0.6 is 0 Å². The number of ether oxygens (including phenoxy) is 2. The summed E-state index contributed by atoms with van der Waals surface area (Å²) in [4.78, 5) is 30.8. The van der Waals surface area contributed by atoms with E-state index in [2.05, 4.69) is 4.98 Å². The summed E-state index contributed by atoms with van der Waals surface area (Å²) in [7, 11) is 1.53. The minimum Gasteiger partial charge on any atom is -0.507 e. The molecule has 3 rings (SSSR count). The summed E-state index contributed by atoms with van der Waals surface area (Å²) in [6.07, 6.45) is 3.17. The van der Waals surface area contributed by atoms with Gasteiger partial charge in [0.25, 0.3) is 11.7 Å². The topological polar surface area (TPSA) is 89.0 Å². The van der Waals surface area contributed by atoms with Crippen molar-refractivity contribution in [3.8, 4) is 5.75 Å². The molecular weight excluding hydrogens is 360 g/mol. The third-order valence-corrected chi connectivity index (χ3v) is 4.54. The lowest BCUT2D eigenvalue weighted by Gasteiger charge is -2.24. The van der Waals surface area contributed by atoms with Crippen LogP contribution in [0, 0.1) is 0 Å². The van der Waals surface area contributed by atoms with Gasteiger partial charge in [0.15, 0.2) is 0 Å². The SMILES string of the molecule is CCOc1ccc(/C(O)=C2/C(=O)C(=O)N(CCOC)C2c2ccncc2)cc1. The average Bonchev–Trinajstić information content (AvgIpc) is 2.98. The summed E-state index contributed by atoms with van der Waals surface area (Å²) < 4.78 is 10.5. The number of ketones is 1. The number of hydrogen-bond acceptors (Lipinski definition) is 6. The molecule has 1 unspecified atom stereocenters. The van der Waals surface area contributed by atoms with Crippen molar-refractivity contribution in [1.82, 2.24) is 9.88 Å². The smallest absolute Gasteiger partial charge is 0.295 e. The maximum Gasteiger partial charge on any atom is 0.295 e. The van der Waals surface area contributed by atoms with E-state index in [4.69, 9.17) is 9.47 Å². The van der Waals surface area contributed by atoms with Crippen molar-refractivity contribution in [2.45, 2.75) is 13.0 Å². The van der Waals surface area contributed by atoms with Crippen LogP contribution in [0.2, 0.25) is 0 Å². The van der Waals surface area contributed by atoms with E-state index in [1.165, 1.54) is 12.0 Å². The molecule has 1 aliphatic heterocycles. The molecule has 0 radical (unpaired) electrons. The van der Waals surface area contributed by atoms with Crippen LogP contribution in [0.5, 0.6) is 5.75 Å². The summed E-state index contributed by atoms with van der Waals surface area (Å²) in [6, 6.07) is 9.48. The number of rotatable bonds is 7. The number of likely N-dealkylation sites (tertiary alicyclic amines) is 1. The van der Waals surface area contributed by atoms with Crippen molar-refractivity contribution in [3.63, 3.8) is 0 Å². The van der Waals surface area contributed by atoms with Crippen molar-refractivity contribution in [3.05, 3.63) is 65.5 Å². The molecule has 7 nitrogen and oxygen atoms in total. The van der Waals surface area contributed by atoms with Gasteiger partial charge in [-0.2, -0.15) is 0 Å². The van der Waals surface area contributed by atoms with Gasteiger partial charge in [-0.3, -0.25) is 14.6 Å². The Kier molecular flexibility index (Phi) is 6.06.